The monoisotopic (exact) mass is 435 g/mol. The molecule has 0 radical (unpaired) electrons. The number of piperidine rings is 2. The van der Waals surface area contributed by atoms with Gasteiger partial charge in [-0.15, -0.1) is 0 Å². The van der Waals surface area contributed by atoms with E-state index in [4.69, 9.17) is 14.2 Å². The van der Waals surface area contributed by atoms with Crippen LogP contribution in [0.3, 0.4) is 0 Å². The SMILES string of the molecule is COc1cc2c(cc1OC)C1CC(OC(=O)C=Cc3ccc(O)c-2c3)C2CCCCN2C1. The number of methoxy groups -OCH3 is 2. The van der Waals surface area contributed by atoms with Gasteiger partial charge in [0.25, 0.3) is 0 Å². The minimum Gasteiger partial charge on any atom is -0.507 e. The number of ether oxygens (including phenoxy) is 3. The van der Waals surface area contributed by atoms with Crippen molar-refractivity contribution in [3.8, 4) is 28.4 Å². The summed E-state index contributed by atoms with van der Waals surface area (Å²) in [6, 6.07) is 9.59. The van der Waals surface area contributed by atoms with Crippen LogP contribution in [0.15, 0.2) is 36.4 Å². The van der Waals surface area contributed by atoms with E-state index in [-0.39, 0.29) is 29.8 Å². The highest BCUT2D eigenvalue weighted by Crippen LogP contribution is 2.46. The predicted octanol–water partition coefficient (Wildman–Crippen LogP) is 4.36. The van der Waals surface area contributed by atoms with Gasteiger partial charge in [-0.2, -0.15) is 0 Å². The van der Waals surface area contributed by atoms with Crippen molar-refractivity contribution >= 4 is 12.0 Å². The maximum Gasteiger partial charge on any atom is 0.331 e. The molecule has 0 saturated carbocycles. The highest BCUT2D eigenvalue weighted by molar-refractivity contribution is 5.88. The summed E-state index contributed by atoms with van der Waals surface area (Å²) >= 11 is 0. The summed E-state index contributed by atoms with van der Waals surface area (Å²) in [5.74, 6) is 1.28. The van der Waals surface area contributed by atoms with Gasteiger partial charge in [-0.05, 0) is 72.8 Å². The van der Waals surface area contributed by atoms with Crippen molar-refractivity contribution in [3.05, 3.63) is 47.5 Å². The number of carbonyl (C=O) groups is 1. The van der Waals surface area contributed by atoms with Crippen molar-refractivity contribution in [1.29, 1.82) is 0 Å². The molecule has 32 heavy (non-hydrogen) atoms. The molecule has 0 amide bonds. The molecule has 2 aromatic carbocycles. The lowest BCUT2D eigenvalue weighted by Gasteiger charge is -2.47. The van der Waals surface area contributed by atoms with Gasteiger partial charge in [-0.3, -0.25) is 4.90 Å². The molecule has 2 saturated heterocycles. The Labute approximate surface area is 188 Å². The normalized spacial score (nSPS) is 24.9. The molecule has 3 unspecified atom stereocenters. The molecule has 1 N–H and O–H groups in total. The molecule has 0 aromatic heterocycles. The van der Waals surface area contributed by atoms with Crippen LogP contribution in [0.25, 0.3) is 17.2 Å². The molecule has 2 fully saturated rings. The summed E-state index contributed by atoms with van der Waals surface area (Å²) in [6.45, 7) is 1.89. The quantitative estimate of drug-likeness (QED) is 0.707. The van der Waals surface area contributed by atoms with E-state index in [1.165, 1.54) is 6.08 Å². The van der Waals surface area contributed by atoms with E-state index in [0.717, 1.165) is 61.0 Å². The maximum absolute atomic E-state index is 12.7. The van der Waals surface area contributed by atoms with Crippen molar-refractivity contribution in [2.75, 3.05) is 27.3 Å². The fourth-order valence-electron chi connectivity index (χ4n) is 5.50. The highest BCUT2D eigenvalue weighted by atomic mass is 16.5. The van der Waals surface area contributed by atoms with E-state index >= 15 is 0 Å². The Balaban J connectivity index is 1.72. The second-order valence-corrected chi connectivity index (χ2v) is 8.87. The zero-order valence-corrected chi connectivity index (χ0v) is 18.5. The first kappa shape index (κ1) is 20.9. The molecule has 0 aliphatic carbocycles. The molecular weight excluding hydrogens is 406 g/mol. The highest BCUT2D eigenvalue weighted by Gasteiger charge is 2.41. The molecule has 4 bridgehead atoms. The van der Waals surface area contributed by atoms with Crippen LogP contribution in [-0.4, -0.2) is 55.4 Å². The third-order valence-electron chi connectivity index (χ3n) is 7.05. The number of phenols is 1. The molecule has 0 spiro atoms. The van der Waals surface area contributed by atoms with E-state index in [0.29, 0.717) is 11.5 Å². The Morgan fingerprint density at radius 3 is 2.66 bits per heavy atom. The molecule has 3 atom stereocenters. The molecule has 2 aromatic rings. The Hall–Kier alpha value is -2.99. The van der Waals surface area contributed by atoms with Gasteiger partial charge >= 0.3 is 5.97 Å². The Bertz CT molecular complexity index is 1060. The largest absolute Gasteiger partial charge is 0.507 e. The van der Waals surface area contributed by atoms with Crippen molar-refractivity contribution in [3.63, 3.8) is 0 Å². The first-order chi connectivity index (χ1) is 15.6. The minimum atomic E-state index is -0.316. The van der Waals surface area contributed by atoms with Crippen molar-refractivity contribution in [2.45, 2.75) is 43.7 Å². The number of hydrogen-bond acceptors (Lipinski definition) is 6. The maximum atomic E-state index is 12.7. The summed E-state index contributed by atoms with van der Waals surface area (Å²) in [6.07, 6.45) is 7.17. The topological polar surface area (TPSA) is 68.2 Å². The summed E-state index contributed by atoms with van der Waals surface area (Å²) in [5.41, 5.74) is 3.53. The van der Waals surface area contributed by atoms with Crippen LogP contribution in [0, 0.1) is 0 Å². The number of esters is 1. The number of fused-ring (bicyclic) bond motifs is 9. The fraction of sp³-hybridized carbons (Fsp3) is 0.423. The number of hydrogen-bond donors (Lipinski definition) is 1. The van der Waals surface area contributed by atoms with E-state index in [1.807, 2.05) is 18.2 Å². The molecule has 3 aliphatic rings. The van der Waals surface area contributed by atoms with Crippen LogP contribution in [0.1, 0.15) is 42.7 Å². The first-order valence-electron chi connectivity index (χ1n) is 11.3. The molecule has 3 heterocycles. The van der Waals surface area contributed by atoms with Gasteiger partial charge in [-0.25, -0.2) is 4.79 Å². The van der Waals surface area contributed by atoms with Crippen molar-refractivity contribution in [2.24, 2.45) is 0 Å². The van der Waals surface area contributed by atoms with Crippen molar-refractivity contribution < 1.29 is 24.1 Å². The molecule has 168 valence electrons. The van der Waals surface area contributed by atoms with Gasteiger partial charge in [0.2, 0.25) is 0 Å². The predicted molar refractivity (Wildman–Crippen MR) is 122 cm³/mol. The van der Waals surface area contributed by atoms with Crippen LogP contribution in [0.4, 0.5) is 0 Å². The zero-order chi connectivity index (χ0) is 22.2. The first-order valence-corrected chi connectivity index (χ1v) is 11.3. The summed E-state index contributed by atoms with van der Waals surface area (Å²) in [7, 11) is 3.25. The van der Waals surface area contributed by atoms with E-state index in [9.17, 15) is 9.90 Å². The van der Waals surface area contributed by atoms with Crippen LogP contribution in [-0.2, 0) is 9.53 Å². The van der Waals surface area contributed by atoms with Crippen LogP contribution < -0.4 is 9.47 Å². The van der Waals surface area contributed by atoms with E-state index in [2.05, 4.69) is 4.90 Å². The second kappa shape index (κ2) is 8.51. The number of aromatic hydroxyl groups is 1. The van der Waals surface area contributed by atoms with E-state index < -0.39 is 0 Å². The van der Waals surface area contributed by atoms with Gasteiger partial charge < -0.3 is 19.3 Å². The van der Waals surface area contributed by atoms with E-state index in [1.54, 1.807) is 32.4 Å². The third-order valence-corrected chi connectivity index (χ3v) is 7.05. The lowest BCUT2D eigenvalue weighted by molar-refractivity contribution is -0.151. The van der Waals surface area contributed by atoms with Crippen LogP contribution >= 0.6 is 0 Å². The van der Waals surface area contributed by atoms with Gasteiger partial charge in [-0.1, -0.05) is 12.5 Å². The number of benzene rings is 2. The van der Waals surface area contributed by atoms with Gasteiger partial charge in [0.1, 0.15) is 11.9 Å². The Kier molecular flexibility index (Phi) is 5.55. The molecule has 3 aliphatic heterocycles. The second-order valence-electron chi connectivity index (χ2n) is 8.87. The molecule has 6 nitrogen and oxygen atoms in total. The molecule has 6 heteroatoms. The van der Waals surface area contributed by atoms with Gasteiger partial charge in [0.05, 0.1) is 14.2 Å². The molecule has 5 rings (SSSR count). The summed E-state index contributed by atoms with van der Waals surface area (Å²) in [5, 5.41) is 10.8. The zero-order valence-electron chi connectivity index (χ0n) is 18.5. The average Bonchev–Trinajstić information content (AvgIpc) is 2.82. The lowest BCUT2D eigenvalue weighted by atomic mass is 9.79. The number of phenolic OH excluding ortho intramolecular Hbond substituents is 1. The smallest absolute Gasteiger partial charge is 0.331 e. The Morgan fingerprint density at radius 2 is 1.84 bits per heavy atom. The number of rotatable bonds is 2. The third kappa shape index (κ3) is 3.73. The van der Waals surface area contributed by atoms with Gasteiger partial charge in [0.15, 0.2) is 11.5 Å². The van der Waals surface area contributed by atoms with Crippen LogP contribution in [0.2, 0.25) is 0 Å². The summed E-state index contributed by atoms with van der Waals surface area (Å²) in [4.78, 5) is 15.1. The standard InChI is InChI=1S/C26H29NO5/c1-30-24-13-18-17-12-23(21-5-3-4-10-27(21)15-17)32-26(29)9-7-16-6-8-22(28)20(11-16)19(18)14-25(24)31-2/h6-9,11,13-14,17,21,23,28H,3-5,10,12,15H2,1-2H3. The number of carbonyl (C=O) groups excluding carboxylic acids is 1. The average molecular weight is 436 g/mol. The number of nitrogens with zero attached hydrogens (tertiary/aromatic N) is 1. The molecular formula is C26H29NO5. The minimum absolute atomic E-state index is 0.128. The Morgan fingerprint density at radius 1 is 1.03 bits per heavy atom. The summed E-state index contributed by atoms with van der Waals surface area (Å²) < 4.78 is 17.2. The van der Waals surface area contributed by atoms with Gasteiger partial charge in [0, 0.05) is 30.1 Å². The van der Waals surface area contributed by atoms with Crippen LogP contribution in [0.5, 0.6) is 17.2 Å². The fourth-order valence-corrected chi connectivity index (χ4v) is 5.50. The van der Waals surface area contributed by atoms with Crippen molar-refractivity contribution in [1.82, 2.24) is 4.90 Å². The lowest BCUT2D eigenvalue weighted by Crippen LogP contribution is -2.54.